The minimum absolute atomic E-state index is 0.257. The number of hydrogen-bond donors (Lipinski definition) is 1. The van der Waals surface area contributed by atoms with Gasteiger partial charge in [-0.1, -0.05) is 6.07 Å². The molecule has 1 aromatic heterocycles. The summed E-state index contributed by atoms with van der Waals surface area (Å²) in [6.45, 7) is 4.18. The first-order chi connectivity index (χ1) is 7.86. The van der Waals surface area contributed by atoms with E-state index < -0.39 is 0 Å². The Bertz CT molecular complexity index is 299. The SMILES string of the molecule is C[C@H](NCC1CCOCO1)c1ccccn1. The van der Waals surface area contributed by atoms with E-state index in [4.69, 9.17) is 9.47 Å². The van der Waals surface area contributed by atoms with E-state index in [0.717, 1.165) is 25.3 Å². The first-order valence-corrected chi connectivity index (χ1v) is 5.70. The van der Waals surface area contributed by atoms with Crippen LogP contribution in [-0.4, -0.2) is 31.0 Å². The quantitative estimate of drug-likeness (QED) is 0.838. The molecule has 88 valence electrons. The van der Waals surface area contributed by atoms with Crippen LogP contribution in [0.4, 0.5) is 0 Å². The van der Waals surface area contributed by atoms with E-state index in [2.05, 4.69) is 17.2 Å². The fourth-order valence-corrected chi connectivity index (χ4v) is 1.71. The highest BCUT2D eigenvalue weighted by Crippen LogP contribution is 2.10. The predicted molar refractivity (Wildman–Crippen MR) is 61.0 cm³/mol. The molecule has 1 aromatic rings. The van der Waals surface area contributed by atoms with Gasteiger partial charge >= 0.3 is 0 Å². The zero-order valence-corrected chi connectivity index (χ0v) is 9.56. The number of ether oxygens (including phenoxy) is 2. The van der Waals surface area contributed by atoms with Gasteiger partial charge in [0, 0.05) is 18.8 Å². The maximum absolute atomic E-state index is 5.46. The Morgan fingerprint density at radius 3 is 3.19 bits per heavy atom. The molecule has 0 aliphatic carbocycles. The molecule has 0 radical (unpaired) electrons. The lowest BCUT2D eigenvalue weighted by Crippen LogP contribution is -2.35. The second kappa shape index (κ2) is 5.94. The average Bonchev–Trinajstić information content (AvgIpc) is 2.38. The van der Waals surface area contributed by atoms with Crippen molar-refractivity contribution in [3.63, 3.8) is 0 Å². The molecule has 1 N–H and O–H groups in total. The minimum Gasteiger partial charge on any atom is -0.355 e. The summed E-state index contributed by atoms with van der Waals surface area (Å²) < 4.78 is 10.6. The predicted octanol–water partition coefficient (Wildman–Crippen LogP) is 1.50. The second-order valence-corrected chi connectivity index (χ2v) is 3.99. The van der Waals surface area contributed by atoms with Crippen molar-refractivity contribution >= 4 is 0 Å². The van der Waals surface area contributed by atoms with Crippen LogP contribution in [0.3, 0.4) is 0 Å². The lowest BCUT2D eigenvalue weighted by Gasteiger charge is -2.24. The maximum atomic E-state index is 5.46. The summed E-state index contributed by atoms with van der Waals surface area (Å²) in [6, 6.07) is 6.22. The molecule has 16 heavy (non-hydrogen) atoms. The number of nitrogens with one attached hydrogen (secondary N) is 1. The number of rotatable bonds is 4. The first-order valence-electron chi connectivity index (χ1n) is 5.70. The van der Waals surface area contributed by atoms with E-state index in [9.17, 15) is 0 Å². The van der Waals surface area contributed by atoms with Crippen molar-refractivity contribution in [1.82, 2.24) is 10.3 Å². The number of pyridine rings is 1. The van der Waals surface area contributed by atoms with E-state index in [-0.39, 0.29) is 12.1 Å². The van der Waals surface area contributed by atoms with Crippen LogP contribution in [0.5, 0.6) is 0 Å². The van der Waals surface area contributed by atoms with Crippen molar-refractivity contribution in [2.24, 2.45) is 0 Å². The van der Waals surface area contributed by atoms with Crippen molar-refractivity contribution in [2.45, 2.75) is 25.5 Å². The van der Waals surface area contributed by atoms with Crippen LogP contribution in [0.25, 0.3) is 0 Å². The Balaban J connectivity index is 1.77. The molecule has 2 rings (SSSR count). The molecule has 0 aromatic carbocycles. The smallest absolute Gasteiger partial charge is 0.147 e. The van der Waals surface area contributed by atoms with E-state index >= 15 is 0 Å². The Morgan fingerprint density at radius 2 is 2.50 bits per heavy atom. The van der Waals surface area contributed by atoms with Gasteiger partial charge in [-0.3, -0.25) is 4.98 Å². The van der Waals surface area contributed by atoms with Crippen LogP contribution in [0.2, 0.25) is 0 Å². The largest absolute Gasteiger partial charge is 0.355 e. The molecule has 0 spiro atoms. The number of nitrogens with zero attached hydrogens (tertiary/aromatic N) is 1. The molecule has 4 nitrogen and oxygen atoms in total. The van der Waals surface area contributed by atoms with Crippen LogP contribution in [0.15, 0.2) is 24.4 Å². The van der Waals surface area contributed by atoms with E-state index in [1.807, 2.05) is 24.4 Å². The van der Waals surface area contributed by atoms with Crippen LogP contribution in [0, 0.1) is 0 Å². The molecule has 2 atom stereocenters. The zero-order valence-electron chi connectivity index (χ0n) is 9.56. The average molecular weight is 222 g/mol. The Hall–Kier alpha value is -0.970. The zero-order chi connectivity index (χ0) is 11.2. The Labute approximate surface area is 96.0 Å². The second-order valence-electron chi connectivity index (χ2n) is 3.99. The molecule has 1 unspecified atom stereocenters. The van der Waals surface area contributed by atoms with Crippen molar-refractivity contribution in [2.75, 3.05) is 19.9 Å². The molecule has 1 fully saturated rings. The van der Waals surface area contributed by atoms with Gasteiger partial charge in [-0.05, 0) is 25.5 Å². The third-order valence-electron chi connectivity index (χ3n) is 2.75. The third kappa shape index (κ3) is 3.27. The van der Waals surface area contributed by atoms with Crippen LogP contribution in [0.1, 0.15) is 25.1 Å². The molecule has 4 heteroatoms. The summed E-state index contributed by atoms with van der Waals surface area (Å²) in [4.78, 5) is 4.31. The van der Waals surface area contributed by atoms with Crippen molar-refractivity contribution in [1.29, 1.82) is 0 Å². The van der Waals surface area contributed by atoms with Gasteiger partial charge in [-0.2, -0.15) is 0 Å². The molecule has 0 bridgehead atoms. The first kappa shape index (κ1) is 11.5. The minimum atomic E-state index is 0.257. The molecule has 1 aliphatic rings. The van der Waals surface area contributed by atoms with Gasteiger partial charge in [0.2, 0.25) is 0 Å². The maximum Gasteiger partial charge on any atom is 0.147 e. The highest BCUT2D eigenvalue weighted by Gasteiger charge is 2.15. The fourth-order valence-electron chi connectivity index (χ4n) is 1.71. The standard InChI is InChI=1S/C12H18N2O2/c1-10(12-4-2-3-6-13-12)14-8-11-5-7-15-9-16-11/h2-4,6,10-11,14H,5,7-9H2,1H3/t10-,11?/m0/s1. The van der Waals surface area contributed by atoms with E-state index in [1.165, 1.54) is 0 Å². The third-order valence-corrected chi connectivity index (χ3v) is 2.75. The van der Waals surface area contributed by atoms with Gasteiger partial charge in [0.15, 0.2) is 0 Å². The molecular formula is C12H18N2O2. The molecule has 2 heterocycles. The number of hydrogen-bond acceptors (Lipinski definition) is 4. The summed E-state index contributed by atoms with van der Waals surface area (Å²) >= 11 is 0. The molecular weight excluding hydrogens is 204 g/mol. The van der Waals surface area contributed by atoms with Crippen LogP contribution in [-0.2, 0) is 9.47 Å². The lowest BCUT2D eigenvalue weighted by molar-refractivity contribution is -0.137. The van der Waals surface area contributed by atoms with Crippen molar-refractivity contribution in [3.05, 3.63) is 30.1 Å². The number of aromatic nitrogens is 1. The highest BCUT2D eigenvalue weighted by atomic mass is 16.7. The van der Waals surface area contributed by atoms with Crippen LogP contribution >= 0.6 is 0 Å². The summed E-state index contributed by atoms with van der Waals surface area (Å²) in [5.74, 6) is 0. The molecule has 1 saturated heterocycles. The fraction of sp³-hybridized carbons (Fsp3) is 0.583. The van der Waals surface area contributed by atoms with Gasteiger partial charge < -0.3 is 14.8 Å². The van der Waals surface area contributed by atoms with Crippen molar-refractivity contribution < 1.29 is 9.47 Å². The van der Waals surface area contributed by atoms with E-state index in [0.29, 0.717) is 6.79 Å². The summed E-state index contributed by atoms with van der Waals surface area (Å²) in [6.07, 6.45) is 3.04. The molecule has 0 saturated carbocycles. The summed E-state index contributed by atoms with van der Waals surface area (Å²) in [5, 5.41) is 3.43. The molecule has 1 aliphatic heterocycles. The van der Waals surface area contributed by atoms with Gasteiger partial charge in [-0.25, -0.2) is 0 Å². The molecule has 0 amide bonds. The van der Waals surface area contributed by atoms with Crippen molar-refractivity contribution in [3.8, 4) is 0 Å². The lowest BCUT2D eigenvalue weighted by atomic mass is 10.2. The Morgan fingerprint density at radius 1 is 1.56 bits per heavy atom. The van der Waals surface area contributed by atoms with Gasteiger partial charge in [0.1, 0.15) is 6.79 Å². The van der Waals surface area contributed by atoms with E-state index in [1.54, 1.807) is 0 Å². The summed E-state index contributed by atoms with van der Waals surface area (Å²) in [7, 11) is 0. The van der Waals surface area contributed by atoms with Gasteiger partial charge in [-0.15, -0.1) is 0 Å². The summed E-state index contributed by atoms with van der Waals surface area (Å²) in [5.41, 5.74) is 1.06. The van der Waals surface area contributed by atoms with Gasteiger partial charge in [0.25, 0.3) is 0 Å². The van der Waals surface area contributed by atoms with Crippen LogP contribution < -0.4 is 5.32 Å². The Kier molecular flexibility index (Phi) is 4.27. The highest BCUT2D eigenvalue weighted by molar-refractivity contribution is 5.07. The monoisotopic (exact) mass is 222 g/mol. The topological polar surface area (TPSA) is 43.4 Å². The van der Waals surface area contributed by atoms with Gasteiger partial charge in [0.05, 0.1) is 18.4 Å². The normalized spacial score (nSPS) is 22.9.